The standard InChI is InChI=1S/C21H24N2O4/c1-5-27-21(26)18-8-6-7-9-19(18)23(16(4)24)13-20(25)22-17-11-10-14(2)15(3)12-17/h6-12H,5,13H2,1-4H3,(H,22,25). The van der Waals surface area contributed by atoms with Crippen molar-refractivity contribution in [2.45, 2.75) is 27.7 Å². The average molecular weight is 368 g/mol. The van der Waals surface area contributed by atoms with Crippen LogP contribution in [0.25, 0.3) is 0 Å². The number of rotatable bonds is 6. The molecule has 0 unspecified atom stereocenters. The molecular weight excluding hydrogens is 344 g/mol. The molecule has 142 valence electrons. The van der Waals surface area contributed by atoms with Gasteiger partial charge in [-0.3, -0.25) is 9.59 Å². The molecule has 0 saturated heterocycles. The van der Waals surface area contributed by atoms with Crippen LogP contribution in [-0.4, -0.2) is 30.9 Å². The molecule has 2 aromatic rings. The van der Waals surface area contributed by atoms with Gasteiger partial charge < -0.3 is 15.0 Å². The molecule has 0 aromatic heterocycles. The molecule has 2 rings (SSSR count). The smallest absolute Gasteiger partial charge is 0.340 e. The number of nitrogens with one attached hydrogen (secondary N) is 1. The predicted molar refractivity (Wildman–Crippen MR) is 105 cm³/mol. The van der Waals surface area contributed by atoms with E-state index in [1.165, 1.54) is 11.8 Å². The fourth-order valence-electron chi connectivity index (χ4n) is 2.62. The average Bonchev–Trinajstić information content (AvgIpc) is 2.63. The number of esters is 1. The summed E-state index contributed by atoms with van der Waals surface area (Å²) in [6, 6.07) is 12.2. The van der Waals surface area contributed by atoms with Crippen molar-refractivity contribution in [1.29, 1.82) is 0 Å². The van der Waals surface area contributed by atoms with Crippen LogP contribution in [0.15, 0.2) is 42.5 Å². The first-order valence-corrected chi connectivity index (χ1v) is 8.74. The molecule has 6 nitrogen and oxygen atoms in total. The van der Waals surface area contributed by atoms with Crippen LogP contribution < -0.4 is 10.2 Å². The van der Waals surface area contributed by atoms with Gasteiger partial charge in [0.1, 0.15) is 6.54 Å². The third-order valence-electron chi connectivity index (χ3n) is 4.16. The Balaban J connectivity index is 2.23. The van der Waals surface area contributed by atoms with E-state index in [1.54, 1.807) is 31.2 Å². The third-order valence-corrected chi connectivity index (χ3v) is 4.16. The van der Waals surface area contributed by atoms with E-state index in [-0.39, 0.29) is 30.5 Å². The number of hydrogen-bond acceptors (Lipinski definition) is 4. The van der Waals surface area contributed by atoms with E-state index in [1.807, 2.05) is 32.0 Å². The summed E-state index contributed by atoms with van der Waals surface area (Å²) in [4.78, 5) is 38.1. The lowest BCUT2D eigenvalue weighted by atomic mass is 10.1. The van der Waals surface area contributed by atoms with Crippen LogP contribution in [0, 0.1) is 13.8 Å². The Kier molecular flexibility index (Phi) is 6.71. The van der Waals surface area contributed by atoms with E-state index < -0.39 is 5.97 Å². The number of nitrogens with zero attached hydrogens (tertiary/aromatic N) is 1. The largest absolute Gasteiger partial charge is 0.462 e. The number of ether oxygens (including phenoxy) is 1. The van der Waals surface area contributed by atoms with Gasteiger partial charge in [-0.15, -0.1) is 0 Å². The Labute approximate surface area is 159 Å². The maximum Gasteiger partial charge on any atom is 0.340 e. The van der Waals surface area contributed by atoms with Gasteiger partial charge in [-0.2, -0.15) is 0 Å². The van der Waals surface area contributed by atoms with Gasteiger partial charge >= 0.3 is 5.97 Å². The summed E-state index contributed by atoms with van der Waals surface area (Å²) < 4.78 is 5.05. The minimum absolute atomic E-state index is 0.210. The number of aryl methyl sites for hydroxylation is 2. The molecule has 0 radical (unpaired) electrons. The molecule has 2 aromatic carbocycles. The third kappa shape index (κ3) is 5.17. The highest BCUT2D eigenvalue weighted by atomic mass is 16.5. The summed E-state index contributed by atoms with van der Waals surface area (Å²) in [5.74, 6) is -1.23. The van der Waals surface area contributed by atoms with Crippen molar-refractivity contribution in [2.24, 2.45) is 0 Å². The van der Waals surface area contributed by atoms with Crippen LogP contribution in [0.1, 0.15) is 35.3 Å². The molecular formula is C21H24N2O4. The van der Waals surface area contributed by atoms with Crippen molar-refractivity contribution < 1.29 is 19.1 Å². The number of hydrogen-bond donors (Lipinski definition) is 1. The van der Waals surface area contributed by atoms with E-state index in [0.29, 0.717) is 11.4 Å². The summed E-state index contributed by atoms with van der Waals surface area (Å²) in [5.41, 5.74) is 3.43. The van der Waals surface area contributed by atoms with Gasteiger partial charge in [0.05, 0.1) is 17.9 Å². The molecule has 6 heteroatoms. The van der Waals surface area contributed by atoms with Crippen LogP contribution in [0.4, 0.5) is 11.4 Å². The molecule has 2 amide bonds. The Hall–Kier alpha value is -3.15. The van der Waals surface area contributed by atoms with E-state index in [2.05, 4.69) is 5.32 Å². The Bertz CT molecular complexity index is 861. The highest BCUT2D eigenvalue weighted by Gasteiger charge is 2.22. The quantitative estimate of drug-likeness (QED) is 0.792. The van der Waals surface area contributed by atoms with E-state index in [0.717, 1.165) is 11.1 Å². The second kappa shape index (κ2) is 8.98. The first-order chi connectivity index (χ1) is 12.8. The maximum atomic E-state index is 12.5. The predicted octanol–water partition coefficient (Wildman–Crippen LogP) is 3.47. The van der Waals surface area contributed by atoms with Crippen LogP contribution in [0.2, 0.25) is 0 Å². The Morgan fingerprint density at radius 3 is 2.37 bits per heavy atom. The molecule has 0 aliphatic rings. The van der Waals surface area contributed by atoms with Gasteiger partial charge in [0.25, 0.3) is 0 Å². The number of anilines is 2. The second-order valence-corrected chi connectivity index (χ2v) is 6.19. The molecule has 0 aliphatic heterocycles. The number of carbonyl (C=O) groups is 3. The van der Waals surface area contributed by atoms with E-state index in [4.69, 9.17) is 4.74 Å². The number of carbonyl (C=O) groups excluding carboxylic acids is 3. The zero-order valence-electron chi connectivity index (χ0n) is 16.0. The first kappa shape index (κ1) is 20.2. The summed E-state index contributed by atoms with van der Waals surface area (Å²) in [6.07, 6.45) is 0. The number of benzene rings is 2. The monoisotopic (exact) mass is 368 g/mol. The summed E-state index contributed by atoms with van der Waals surface area (Å²) in [7, 11) is 0. The molecule has 0 saturated carbocycles. The van der Waals surface area contributed by atoms with Gasteiger partial charge in [0, 0.05) is 12.6 Å². The van der Waals surface area contributed by atoms with Crippen molar-refractivity contribution >= 4 is 29.2 Å². The van der Waals surface area contributed by atoms with Crippen molar-refractivity contribution in [2.75, 3.05) is 23.4 Å². The van der Waals surface area contributed by atoms with Crippen molar-refractivity contribution in [3.8, 4) is 0 Å². The summed E-state index contributed by atoms with van der Waals surface area (Å²) >= 11 is 0. The second-order valence-electron chi connectivity index (χ2n) is 6.19. The molecule has 0 bridgehead atoms. The topological polar surface area (TPSA) is 75.7 Å². The lowest BCUT2D eigenvalue weighted by Gasteiger charge is -2.23. The van der Waals surface area contributed by atoms with E-state index >= 15 is 0 Å². The van der Waals surface area contributed by atoms with Crippen LogP contribution in [0.3, 0.4) is 0 Å². The summed E-state index contributed by atoms with van der Waals surface area (Å²) in [5, 5.41) is 2.79. The lowest BCUT2D eigenvalue weighted by molar-refractivity contribution is -0.120. The van der Waals surface area contributed by atoms with E-state index in [9.17, 15) is 14.4 Å². The highest BCUT2D eigenvalue weighted by molar-refractivity contribution is 6.06. The summed E-state index contributed by atoms with van der Waals surface area (Å²) in [6.45, 7) is 7.03. The zero-order valence-corrected chi connectivity index (χ0v) is 16.0. The SMILES string of the molecule is CCOC(=O)c1ccccc1N(CC(=O)Nc1ccc(C)c(C)c1)C(C)=O. The van der Waals surface area contributed by atoms with Gasteiger partial charge in [0.15, 0.2) is 0 Å². The number of amides is 2. The molecule has 27 heavy (non-hydrogen) atoms. The Morgan fingerprint density at radius 2 is 1.74 bits per heavy atom. The van der Waals surface area contributed by atoms with Crippen molar-refractivity contribution in [3.05, 3.63) is 59.2 Å². The fraction of sp³-hybridized carbons (Fsp3) is 0.286. The van der Waals surface area contributed by atoms with Crippen molar-refractivity contribution in [3.63, 3.8) is 0 Å². The molecule has 1 N–H and O–H groups in total. The highest BCUT2D eigenvalue weighted by Crippen LogP contribution is 2.22. The molecule has 0 atom stereocenters. The van der Waals surface area contributed by atoms with Crippen LogP contribution >= 0.6 is 0 Å². The van der Waals surface area contributed by atoms with Gasteiger partial charge in [-0.1, -0.05) is 18.2 Å². The number of para-hydroxylation sites is 1. The van der Waals surface area contributed by atoms with Gasteiger partial charge in [0.2, 0.25) is 11.8 Å². The molecule has 0 aliphatic carbocycles. The van der Waals surface area contributed by atoms with Crippen LogP contribution in [-0.2, 0) is 14.3 Å². The normalized spacial score (nSPS) is 10.2. The molecule has 0 spiro atoms. The Morgan fingerprint density at radius 1 is 1.04 bits per heavy atom. The minimum Gasteiger partial charge on any atom is -0.462 e. The van der Waals surface area contributed by atoms with Crippen molar-refractivity contribution in [1.82, 2.24) is 0 Å². The van der Waals surface area contributed by atoms with Crippen LogP contribution in [0.5, 0.6) is 0 Å². The molecule has 0 heterocycles. The van der Waals surface area contributed by atoms with Gasteiger partial charge in [-0.05, 0) is 56.2 Å². The lowest BCUT2D eigenvalue weighted by Crippen LogP contribution is -2.37. The van der Waals surface area contributed by atoms with Gasteiger partial charge in [-0.25, -0.2) is 4.79 Å². The maximum absolute atomic E-state index is 12.5. The fourth-order valence-corrected chi connectivity index (χ4v) is 2.62. The minimum atomic E-state index is -0.533. The zero-order chi connectivity index (χ0) is 20.0. The molecule has 0 fully saturated rings. The first-order valence-electron chi connectivity index (χ1n) is 8.74.